The summed E-state index contributed by atoms with van der Waals surface area (Å²) in [6.07, 6.45) is 0. The molecule has 0 bridgehead atoms. The van der Waals surface area contributed by atoms with E-state index >= 15 is 0 Å². The highest BCUT2D eigenvalue weighted by atomic mass is 16.5. The average molecular weight is 185 g/mol. The van der Waals surface area contributed by atoms with Crippen LogP contribution in [0, 0.1) is 6.92 Å². The maximum Gasteiger partial charge on any atom is 0.360 e. The second kappa shape index (κ2) is 4.04. The van der Waals surface area contributed by atoms with E-state index in [4.69, 9.17) is 14.3 Å². The summed E-state index contributed by atoms with van der Waals surface area (Å²) in [5, 5.41) is 8.68. The van der Waals surface area contributed by atoms with E-state index in [2.05, 4.69) is 4.98 Å². The van der Waals surface area contributed by atoms with Crippen LogP contribution in [-0.4, -0.2) is 22.7 Å². The summed E-state index contributed by atoms with van der Waals surface area (Å²) in [7, 11) is 0. The second-order valence-corrected chi connectivity index (χ2v) is 2.39. The minimum Gasteiger partial charge on any atom is -0.461 e. The number of aromatic nitrogens is 1. The second-order valence-electron chi connectivity index (χ2n) is 2.39. The quantitative estimate of drug-likeness (QED) is 0.700. The number of carbonyl (C=O) groups excluding carboxylic acids is 1. The van der Waals surface area contributed by atoms with Crippen LogP contribution in [0.5, 0.6) is 0 Å². The minimum absolute atomic E-state index is 0.126. The SMILES string of the molecule is CCOC(=O)c1nc(CO)oc1C. The van der Waals surface area contributed by atoms with Gasteiger partial charge in [-0.2, -0.15) is 0 Å². The summed E-state index contributed by atoms with van der Waals surface area (Å²) >= 11 is 0. The lowest BCUT2D eigenvalue weighted by molar-refractivity contribution is 0.0518. The van der Waals surface area contributed by atoms with Crippen LogP contribution in [0.2, 0.25) is 0 Å². The third-order valence-corrected chi connectivity index (χ3v) is 1.44. The number of hydrogen-bond acceptors (Lipinski definition) is 5. The molecule has 0 aliphatic rings. The van der Waals surface area contributed by atoms with Gasteiger partial charge in [-0.3, -0.25) is 0 Å². The largest absolute Gasteiger partial charge is 0.461 e. The highest BCUT2D eigenvalue weighted by Gasteiger charge is 2.17. The molecule has 0 spiro atoms. The van der Waals surface area contributed by atoms with Crippen LogP contribution in [0.15, 0.2) is 4.42 Å². The Morgan fingerprint density at radius 2 is 2.38 bits per heavy atom. The van der Waals surface area contributed by atoms with E-state index < -0.39 is 5.97 Å². The first-order valence-corrected chi connectivity index (χ1v) is 3.93. The summed E-state index contributed by atoms with van der Waals surface area (Å²) in [6.45, 7) is 3.28. The Bertz CT molecular complexity index is 305. The van der Waals surface area contributed by atoms with E-state index in [9.17, 15) is 4.79 Å². The Labute approximate surface area is 75.3 Å². The molecular formula is C8H11NO4. The minimum atomic E-state index is -0.525. The first-order valence-electron chi connectivity index (χ1n) is 3.93. The third kappa shape index (κ3) is 2.06. The van der Waals surface area contributed by atoms with E-state index in [0.29, 0.717) is 12.4 Å². The molecule has 13 heavy (non-hydrogen) atoms. The third-order valence-electron chi connectivity index (χ3n) is 1.44. The van der Waals surface area contributed by atoms with Crippen LogP contribution >= 0.6 is 0 Å². The number of hydrogen-bond donors (Lipinski definition) is 1. The fraction of sp³-hybridized carbons (Fsp3) is 0.500. The Morgan fingerprint density at radius 1 is 1.69 bits per heavy atom. The van der Waals surface area contributed by atoms with Gasteiger partial charge in [0.15, 0.2) is 5.69 Å². The van der Waals surface area contributed by atoms with Crippen molar-refractivity contribution in [2.24, 2.45) is 0 Å². The molecule has 1 rings (SSSR count). The zero-order valence-electron chi connectivity index (χ0n) is 7.53. The summed E-state index contributed by atoms with van der Waals surface area (Å²) < 4.78 is 9.69. The van der Waals surface area contributed by atoms with Gasteiger partial charge in [-0.15, -0.1) is 0 Å². The van der Waals surface area contributed by atoms with E-state index in [1.165, 1.54) is 0 Å². The number of ether oxygens (including phenoxy) is 1. The lowest BCUT2D eigenvalue weighted by atomic mass is 10.4. The zero-order chi connectivity index (χ0) is 9.84. The molecule has 0 aromatic carbocycles. The van der Waals surface area contributed by atoms with E-state index in [-0.39, 0.29) is 18.2 Å². The van der Waals surface area contributed by atoms with Crippen LogP contribution in [0.3, 0.4) is 0 Å². The van der Waals surface area contributed by atoms with Gasteiger partial charge in [0.25, 0.3) is 0 Å². The monoisotopic (exact) mass is 185 g/mol. The summed E-state index contributed by atoms with van der Waals surface area (Å²) in [5.41, 5.74) is 0.130. The molecular weight excluding hydrogens is 174 g/mol. The van der Waals surface area contributed by atoms with Crippen molar-refractivity contribution in [2.45, 2.75) is 20.5 Å². The van der Waals surface area contributed by atoms with Crippen molar-refractivity contribution in [1.29, 1.82) is 0 Å². The predicted octanol–water partition coefficient (Wildman–Crippen LogP) is 0.652. The summed E-state index contributed by atoms with van der Waals surface area (Å²) in [5.74, 6) is -0.0356. The predicted molar refractivity (Wildman–Crippen MR) is 43.1 cm³/mol. The molecule has 1 heterocycles. The summed E-state index contributed by atoms with van der Waals surface area (Å²) in [6, 6.07) is 0. The first-order chi connectivity index (χ1) is 6.19. The average Bonchev–Trinajstić information content (AvgIpc) is 2.47. The molecule has 0 fully saturated rings. The molecule has 0 unspecified atom stereocenters. The molecule has 1 aromatic heterocycles. The first kappa shape index (κ1) is 9.73. The highest BCUT2D eigenvalue weighted by Crippen LogP contribution is 2.10. The molecule has 0 aliphatic carbocycles. The van der Waals surface area contributed by atoms with Crippen LogP contribution in [0.25, 0.3) is 0 Å². The number of carbonyl (C=O) groups is 1. The van der Waals surface area contributed by atoms with Crippen molar-refractivity contribution < 1.29 is 19.1 Å². The number of aliphatic hydroxyl groups excluding tert-OH is 1. The van der Waals surface area contributed by atoms with Gasteiger partial charge in [0.1, 0.15) is 12.4 Å². The molecule has 0 radical (unpaired) electrons. The number of esters is 1. The highest BCUT2D eigenvalue weighted by molar-refractivity contribution is 5.88. The van der Waals surface area contributed by atoms with E-state index in [1.807, 2.05) is 0 Å². The van der Waals surface area contributed by atoms with E-state index in [0.717, 1.165) is 0 Å². The molecule has 1 N–H and O–H groups in total. The van der Waals surface area contributed by atoms with Gasteiger partial charge >= 0.3 is 5.97 Å². The number of aryl methyl sites for hydroxylation is 1. The topological polar surface area (TPSA) is 72.6 Å². The van der Waals surface area contributed by atoms with E-state index in [1.54, 1.807) is 13.8 Å². The van der Waals surface area contributed by atoms with Gasteiger partial charge in [-0.1, -0.05) is 0 Å². The number of nitrogens with zero attached hydrogens (tertiary/aromatic N) is 1. The van der Waals surface area contributed by atoms with Crippen molar-refractivity contribution in [3.8, 4) is 0 Å². The van der Waals surface area contributed by atoms with Crippen LogP contribution in [0.4, 0.5) is 0 Å². The maximum absolute atomic E-state index is 11.2. The molecule has 0 amide bonds. The van der Waals surface area contributed by atoms with Crippen molar-refractivity contribution in [3.05, 3.63) is 17.3 Å². The summed E-state index contributed by atoms with van der Waals surface area (Å²) in [4.78, 5) is 14.9. The smallest absolute Gasteiger partial charge is 0.360 e. The Hall–Kier alpha value is -1.36. The van der Waals surface area contributed by atoms with Crippen LogP contribution in [0.1, 0.15) is 29.1 Å². The molecule has 5 nitrogen and oxygen atoms in total. The number of oxazole rings is 1. The normalized spacial score (nSPS) is 10.1. The molecule has 0 saturated heterocycles. The Balaban J connectivity index is 2.87. The number of rotatable bonds is 3. The van der Waals surface area contributed by atoms with Crippen LogP contribution < -0.4 is 0 Å². The molecule has 5 heteroatoms. The van der Waals surface area contributed by atoms with Crippen molar-refractivity contribution in [3.63, 3.8) is 0 Å². The fourth-order valence-electron chi connectivity index (χ4n) is 0.908. The molecule has 1 aromatic rings. The Kier molecular flexibility index (Phi) is 3.02. The molecule has 0 aliphatic heterocycles. The van der Waals surface area contributed by atoms with Gasteiger partial charge in [0, 0.05) is 0 Å². The Morgan fingerprint density at radius 3 is 2.85 bits per heavy atom. The fourth-order valence-corrected chi connectivity index (χ4v) is 0.908. The lowest BCUT2D eigenvalue weighted by Crippen LogP contribution is -2.06. The van der Waals surface area contributed by atoms with Crippen LogP contribution in [-0.2, 0) is 11.3 Å². The molecule has 0 saturated carbocycles. The zero-order valence-corrected chi connectivity index (χ0v) is 7.53. The standard InChI is InChI=1S/C8H11NO4/c1-3-12-8(11)7-5(2)13-6(4-10)9-7/h10H,3-4H2,1-2H3. The van der Waals surface area contributed by atoms with Crippen molar-refractivity contribution >= 4 is 5.97 Å². The van der Waals surface area contributed by atoms with Crippen molar-refractivity contribution in [2.75, 3.05) is 6.61 Å². The van der Waals surface area contributed by atoms with Gasteiger partial charge in [-0.05, 0) is 13.8 Å². The van der Waals surface area contributed by atoms with Crippen molar-refractivity contribution in [1.82, 2.24) is 4.98 Å². The lowest BCUT2D eigenvalue weighted by Gasteiger charge is -1.96. The molecule has 0 atom stereocenters. The van der Waals surface area contributed by atoms with Gasteiger partial charge in [-0.25, -0.2) is 9.78 Å². The van der Waals surface area contributed by atoms with Gasteiger partial charge in [0.2, 0.25) is 5.89 Å². The number of aliphatic hydroxyl groups is 1. The van der Waals surface area contributed by atoms with Gasteiger partial charge < -0.3 is 14.3 Å². The molecule has 72 valence electrons. The van der Waals surface area contributed by atoms with Gasteiger partial charge in [0.05, 0.1) is 6.61 Å². The maximum atomic E-state index is 11.2.